The van der Waals surface area contributed by atoms with Crippen LogP contribution in [-0.2, 0) is 0 Å². The van der Waals surface area contributed by atoms with E-state index in [1.165, 1.54) is 5.56 Å². The predicted octanol–water partition coefficient (Wildman–Crippen LogP) is 5.03. The Morgan fingerprint density at radius 3 is 2.44 bits per heavy atom. The lowest BCUT2D eigenvalue weighted by molar-refractivity contribution is 0.0437. The normalized spacial score (nSPS) is 19.3. The number of aromatic amines is 1. The Hall–Kier alpha value is -1.81. The number of hydrogen-bond acceptors (Lipinski definition) is 2. The third-order valence-electron chi connectivity index (χ3n) is 5.63. The summed E-state index contributed by atoms with van der Waals surface area (Å²) in [5.41, 5.74) is 3.00. The maximum Gasteiger partial charge on any atom is 0.270 e. The van der Waals surface area contributed by atoms with Crippen molar-refractivity contribution in [1.29, 1.82) is 0 Å². The Balaban J connectivity index is 1.91. The zero-order valence-electron chi connectivity index (χ0n) is 17.8. The van der Waals surface area contributed by atoms with Gasteiger partial charge in [0.1, 0.15) is 5.69 Å². The summed E-state index contributed by atoms with van der Waals surface area (Å²) in [6, 6.07) is 8.55. The van der Waals surface area contributed by atoms with E-state index in [0.29, 0.717) is 5.69 Å². The molecule has 0 radical (unpaired) electrons. The highest BCUT2D eigenvalue weighted by molar-refractivity contribution is 5.98. The third-order valence-corrected chi connectivity index (χ3v) is 5.63. The Labute approximate surface area is 163 Å². The van der Waals surface area contributed by atoms with Crippen molar-refractivity contribution < 1.29 is 4.79 Å². The Kier molecular flexibility index (Phi) is 5.40. The molecular formula is C23H35N3O. The van der Waals surface area contributed by atoms with Gasteiger partial charge in [-0.3, -0.25) is 4.79 Å². The molecule has 4 nitrogen and oxygen atoms in total. The number of benzene rings is 1. The van der Waals surface area contributed by atoms with Gasteiger partial charge in [0.05, 0.1) is 0 Å². The van der Waals surface area contributed by atoms with Crippen LogP contribution in [0.15, 0.2) is 24.3 Å². The lowest BCUT2D eigenvalue weighted by atomic mass is 9.79. The Bertz CT molecular complexity index is 802. The molecule has 1 saturated heterocycles. The van der Waals surface area contributed by atoms with Crippen LogP contribution < -0.4 is 5.32 Å². The van der Waals surface area contributed by atoms with Crippen molar-refractivity contribution in [1.82, 2.24) is 15.2 Å². The number of hydrogen-bond donors (Lipinski definition) is 2. The number of amides is 1. The Morgan fingerprint density at radius 2 is 1.81 bits per heavy atom. The maximum absolute atomic E-state index is 13.5. The van der Waals surface area contributed by atoms with Crippen molar-refractivity contribution in [3.8, 4) is 0 Å². The number of nitrogens with zero attached hydrogens (tertiary/aromatic N) is 1. The molecule has 2 heterocycles. The van der Waals surface area contributed by atoms with E-state index >= 15 is 0 Å². The van der Waals surface area contributed by atoms with Crippen molar-refractivity contribution >= 4 is 16.8 Å². The van der Waals surface area contributed by atoms with E-state index in [-0.39, 0.29) is 23.0 Å². The molecule has 1 aromatic heterocycles. The average Bonchev–Trinajstić information content (AvgIpc) is 2.95. The van der Waals surface area contributed by atoms with Gasteiger partial charge in [0.25, 0.3) is 5.91 Å². The van der Waals surface area contributed by atoms with Crippen LogP contribution >= 0.6 is 0 Å². The van der Waals surface area contributed by atoms with Crippen LogP contribution in [0.25, 0.3) is 10.9 Å². The molecular weight excluding hydrogens is 334 g/mol. The summed E-state index contributed by atoms with van der Waals surface area (Å²) in [4.78, 5) is 19.0. The zero-order chi connectivity index (χ0) is 19.8. The Morgan fingerprint density at radius 1 is 1.15 bits per heavy atom. The molecule has 1 fully saturated rings. The van der Waals surface area contributed by atoms with Crippen molar-refractivity contribution in [2.45, 2.75) is 84.3 Å². The molecule has 3 rings (SSSR count). The van der Waals surface area contributed by atoms with Gasteiger partial charge >= 0.3 is 0 Å². The van der Waals surface area contributed by atoms with E-state index in [4.69, 9.17) is 0 Å². The second kappa shape index (κ2) is 7.31. The molecule has 148 valence electrons. The van der Waals surface area contributed by atoms with Crippen LogP contribution in [0.2, 0.25) is 0 Å². The summed E-state index contributed by atoms with van der Waals surface area (Å²) in [6.45, 7) is 14.1. The van der Waals surface area contributed by atoms with Gasteiger partial charge < -0.3 is 15.2 Å². The summed E-state index contributed by atoms with van der Waals surface area (Å²) in [6.07, 6.45) is 4.08. The fourth-order valence-electron chi connectivity index (χ4n) is 4.78. The summed E-state index contributed by atoms with van der Waals surface area (Å²) >= 11 is 0. The number of rotatable bonds is 5. The molecule has 0 atom stereocenters. The molecule has 4 heteroatoms. The molecule has 0 saturated carbocycles. The maximum atomic E-state index is 13.5. The van der Waals surface area contributed by atoms with Crippen LogP contribution in [0.1, 0.15) is 76.4 Å². The van der Waals surface area contributed by atoms with Gasteiger partial charge in [-0.15, -0.1) is 0 Å². The molecule has 1 amide bonds. The van der Waals surface area contributed by atoms with Crippen molar-refractivity contribution in [3.05, 3.63) is 35.5 Å². The number of carbonyl (C=O) groups excluding carboxylic acids is 1. The van der Waals surface area contributed by atoms with Gasteiger partial charge in [-0.05, 0) is 71.6 Å². The highest BCUT2D eigenvalue weighted by Gasteiger charge is 2.41. The lowest BCUT2D eigenvalue weighted by Gasteiger charge is -2.49. The van der Waals surface area contributed by atoms with E-state index < -0.39 is 0 Å². The SMILES string of the molecule is CCCCN(C(=O)c1cc2ccc(C)cc2[nH]1)C1CC(C)(C)NC(C)(C)C1. The minimum atomic E-state index is 0.0225. The van der Waals surface area contributed by atoms with E-state index in [0.717, 1.165) is 43.1 Å². The molecule has 1 aromatic carbocycles. The van der Waals surface area contributed by atoms with Gasteiger partial charge in [-0.1, -0.05) is 25.5 Å². The van der Waals surface area contributed by atoms with Gasteiger partial charge in [-0.25, -0.2) is 0 Å². The highest BCUT2D eigenvalue weighted by Crippen LogP contribution is 2.32. The number of aryl methyl sites for hydroxylation is 1. The first kappa shape index (κ1) is 19.9. The fraction of sp³-hybridized carbons (Fsp3) is 0.609. The first-order valence-electron chi connectivity index (χ1n) is 10.3. The molecule has 27 heavy (non-hydrogen) atoms. The van der Waals surface area contributed by atoms with Gasteiger partial charge in [-0.2, -0.15) is 0 Å². The van der Waals surface area contributed by atoms with E-state index in [1.54, 1.807) is 0 Å². The number of aromatic nitrogens is 1. The minimum absolute atomic E-state index is 0.0225. The number of nitrogens with one attached hydrogen (secondary N) is 2. The van der Waals surface area contributed by atoms with E-state index in [2.05, 4.69) is 74.9 Å². The number of fused-ring (bicyclic) bond motifs is 1. The fourth-order valence-corrected chi connectivity index (χ4v) is 4.78. The summed E-state index contributed by atoms with van der Waals surface area (Å²) in [5, 5.41) is 4.84. The van der Waals surface area contributed by atoms with E-state index in [1.807, 2.05) is 6.07 Å². The summed E-state index contributed by atoms with van der Waals surface area (Å²) in [5.74, 6) is 0.135. The molecule has 1 aliphatic heterocycles. The topological polar surface area (TPSA) is 48.1 Å². The van der Waals surface area contributed by atoms with Gasteiger partial charge in [0.15, 0.2) is 0 Å². The average molecular weight is 370 g/mol. The molecule has 0 bridgehead atoms. The number of H-pyrrole nitrogens is 1. The van der Waals surface area contributed by atoms with Gasteiger partial charge in [0.2, 0.25) is 0 Å². The van der Waals surface area contributed by atoms with Crippen molar-refractivity contribution in [2.75, 3.05) is 6.54 Å². The second-order valence-electron chi connectivity index (χ2n) is 9.58. The first-order valence-corrected chi connectivity index (χ1v) is 10.3. The van der Waals surface area contributed by atoms with Gasteiger partial charge in [0, 0.05) is 34.6 Å². The monoisotopic (exact) mass is 369 g/mol. The van der Waals surface area contributed by atoms with Crippen LogP contribution in [0, 0.1) is 6.92 Å². The molecule has 1 aliphatic rings. The highest BCUT2D eigenvalue weighted by atomic mass is 16.2. The van der Waals surface area contributed by atoms with Crippen molar-refractivity contribution in [2.24, 2.45) is 0 Å². The van der Waals surface area contributed by atoms with Crippen LogP contribution in [-0.4, -0.2) is 39.5 Å². The molecule has 0 spiro atoms. The minimum Gasteiger partial charge on any atom is -0.351 e. The molecule has 2 N–H and O–H groups in total. The smallest absolute Gasteiger partial charge is 0.270 e. The summed E-state index contributed by atoms with van der Waals surface area (Å²) in [7, 11) is 0. The van der Waals surface area contributed by atoms with E-state index in [9.17, 15) is 4.79 Å². The third kappa shape index (κ3) is 4.55. The number of carbonyl (C=O) groups is 1. The van der Waals surface area contributed by atoms with Crippen LogP contribution in [0.4, 0.5) is 0 Å². The largest absolute Gasteiger partial charge is 0.351 e. The summed E-state index contributed by atoms with van der Waals surface area (Å²) < 4.78 is 0. The standard InChI is InChI=1S/C23H35N3O/c1-7-8-11-26(18-14-22(3,4)25-23(5,6)15-18)21(27)20-13-17-10-9-16(2)12-19(17)24-20/h9-10,12-13,18,24-25H,7-8,11,14-15H2,1-6H3. The first-order chi connectivity index (χ1) is 12.6. The molecule has 2 aromatic rings. The van der Waals surface area contributed by atoms with Crippen LogP contribution in [0.3, 0.4) is 0 Å². The molecule has 0 aliphatic carbocycles. The van der Waals surface area contributed by atoms with Crippen molar-refractivity contribution in [3.63, 3.8) is 0 Å². The quantitative estimate of drug-likeness (QED) is 0.777. The molecule has 0 unspecified atom stereocenters. The lowest BCUT2D eigenvalue weighted by Crippen LogP contribution is -2.62. The number of piperidine rings is 1. The number of unbranched alkanes of at least 4 members (excludes halogenated alkanes) is 1. The van der Waals surface area contributed by atoms with Crippen LogP contribution in [0.5, 0.6) is 0 Å². The second-order valence-corrected chi connectivity index (χ2v) is 9.58. The zero-order valence-corrected chi connectivity index (χ0v) is 17.8. The predicted molar refractivity (Wildman–Crippen MR) is 113 cm³/mol.